The molecule has 2 aliphatic heterocycles. The molecule has 9 nitrogen and oxygen atoms in total. The van der Waals surface area contributed by atoms with Crippen molar-refractivity contribution in [3.8, 4) is 0 Å². The second-order valence-electron chi connectivity index (χ2n) is 10.9. The molecule has 1 spiro atoms. The van der Waals surface area contributed by atoms with Gasteiger partial charge in [-0.25, -0.2) is 14.8 Å². The predicted molar refractivity (Wildman–Crippen MR) is 155 cm³/mol. The predicted octanol–water partition coefficient (Wildman–Crippen LogP) is 5.43. The molecular weight excluding hydrogens is 520 g/mol. The second kappa shape index (κ2) is 11.4. The summed E-state index contributed by atoms with van der Waals surface area (Å²) in [6.07, 6.45) is 3.14. The fraction of sp³-hybridized carbons (Fsp3) is 0.519. The van der Waals surface area contributed by atoms with Gasteiger partial charge in [0.25, 0.3) is 5.91 Å². The summed E-state index contributed by atoms with van der Waals surface area (Å²) in [7, 11) is 0. The molecule has 2 aliphatic rings. The van der Waals surface area contributed by atoms with Crippen LogP contribution in [0.2, 0.25) is 0 Å². The highest BCUT2D eigenvalue weighted by molar-refractivity contribution is 8.02. The highest BCUT2D eigenvalue weighted by atomic mass is 32.2. The standard InChI is InChI=1S/C27H36N6O3S2/c1-18-23(38-19(2)31-18)21(28-6)14-37-17-30-22-8-7-20(13-29-22)24(34)33-15-27(16-33)9-11-32(12-10-27)25(35)36-26(3,4)5/h7-8,13-14H,6,9-12,15-17H2,1-5H3,(H,29,30)/b21-14-. The summed E-state index contributed by atoms with van der Waals surface area (Å²) in [4.78, 5) is 43.0. The van der Waals surface area contributed by atoms with Crippen molar-refractivity contribution in [2.45, 2.75) is 53.1 Å². The number of nitrogens with one attached hydrogen (secondary N) is 1. The minimum absolute atomic E-state index is 0.00141. The number of piperidine rings is 1. The van der Waals surface area contributed by atoms with Gasteiger partial charge in [-0.3, -0.25) is 9.79 Å². The second-order valence-corrected chi connectivity index (χ2v) is 12.9. The number of ether oxygens (including phenoxy) is 1. The molecule has 0 radical (unpaired) electrons. The summed E-state index contributed by atoms with van der Waals surface area (Å²) >= 11 is 3.17. The van der Waals surface area contributed by atoms with E-state index in [0.717, 1.165) is 47.2 Å². The summed E-state index contributed by atoms with van der Waals surface area (Å²) in [5.41, 5.74) is 1.97. The highest BCUT2D eigenvalue weighted by Gasteiger charge is 2.47. The van der Waals surface area contributed by atoms with Crippen LogP contribution in [0.5, 0.6) is 0 Å². The van der Waals surface area contributed by atoms with Crippen molar-refractivity contribution >= 4 is 53.3 Å². The van der Waals surface area contributed by atoms with Crippen LogP contribution in [-0.4, -0.2) is 76.1 Å². The van der Waals surface area contributed by atoms with Gasteiger partial charge < -0.3 is 19.9 Å². The lowest BCUT2D eigenvalue weighted by Gasteiger charge is -2.53. The Morgan fingerprint density at radius 1 is 1.24 bits per heavy atom. The lowest BCUT2D eigenvalue weighted by atomic mass is 9.72. The van der Waals surface area contributed by atoms with Crippen molar-refractivity contribution in [2.75, 3.05) is 37.4 Å². The highest BCUT2D eigenvalue weighted by Crippen LogP contribution is 2.41. The van der Waals surface area contributed by atoms with Crippen molar-refractivity contribution < 1.29 is 14.3 Å². The van der Waals surface area contributed by atoms with Gasteiger partial charge in [-0.2, -0.15) is 0 Å². The monoisotopic (exact) mass is 556 g/mol. The van der Waals surface area contributed by atoms with Crippen LogP contribution in [0.25, 0.3) is 5.70 Å². The number of hydrogen-bond acceptors (Lipinski definition) is 9. The first-order valence-corrected chi connectivity index (χ1v) is 14.6. The number of nitrogens with zero attached hydrogens (tertiary/aromatic N) is 5. The van der Waals surface area contributed by atoms with Crippen LogP contribution in [0, 0.1) is 19.3 Å². The largest absolute Gasteiger partial charge is 0.444 e. The molecule has 0 saturated carbocycles. The van der Waals surface area contributed by atoms with Gasteiger partial charge in [-0.05, 0) is 71.7 Å². The Morgan fingerprint density at radius 2 is 1.95 bits per heavy atom. The molecule has 0 aliphatic carbocycles. The van der Waals surface area contributed by atoms with E-state index in [4.69, 9.17) is 4.74 Å². The third kappa shape index (κ3) is 6.74. The Labute approximate surface area is 232 Å². The van der Waals surface area contributed by atoms with E-state index >= 15 is 0 Å². The number of pyridine rings is 1. The molecule has 2 saturated heterocycles. The van der Waals surface area contributed by atoms with E-state index < -0.39 is 5.60 Å². The number of aliphatic imine (C=N–C) groups is 1. The summed E-state index contributed by atoms with van der Waals surface area (Å²) in [6, 6.07) is 3.64. The van der Waals surface area contributed by atoms with Crippen LogP contribution >= 0.6 is 23.1 Å². The van der Waals surface area contributed by atoms with Gasteiger partial charge in [-0.1, -0.05) is 0 Å². The summed E-state index contributed by atoms with van der Waals surface area (Å²) < 4.78 is 5.49. The van der Waals surface area contributed by atoms with Crippen LogP contribution < -0.4 is 5.32 Å². The van der Waals surface area contributed by atoms with Crippen molar-refractivity contribution in [1.29, 1.82) is 0 Å². The van der Waals surface area contributed by atoms with Crippen molar-refractivity contribution in [3.05, 3.63) is 44.9 Å². The van der Waals surface area contributed by atoms with E-state index in [2.05, 4.69) is 27.0 Å². The minimum atomic E-state index is -0.492. The third-order valence-corrected chi connectivity index (χ3v) is 8.46. The number of aryl methyl sites for hydroxylation is 2. The summed E-state index contributed by atoms with van der Waals surface area (Å²) in [5, 5.41) is 6.23. The first-order valence-electron chi connectivity index (χ1n) is 12.7. The van der Waals surface area contributed by atoms with E-state index in [9.17, 15) is 9.59 Å². The number of amides is 2. The molecule has 0 atom stereocenters. The molecule has 2 aromatic heterocycles. The average Bonchev–Trinajstić information content (AvgIpc) is 3.19. The summed E-state index contributed by atoms with van der Waals surface area (Å²) in [6.45, 7) is 16.0. The van der Waals surface area contributed by atoms with Crippen LogP contribution in [-0.2, 0) is 4.74 Å². The van der Waals surface area contributed by atoms with E-state index in [-0.39, 0.29) is 17.4 Å². The molecule has 2 aromatic rings. The molecule has 2 amide bonds. The maximum atomic E-state index is 13.0. The van der Waals surface area contributed by atoms with E-state index in [1.54, 1.807) is 34.2 Å². The molecule has 2 fully saturated rings. The SMILES string of the molecule is C=N/C(=C\SCNc1ccc(C(=O)N2CC3(CCN(C(=O)OC(C)(C)C)CC3)C2)cn1)c1sc(C)nc1C. The average molecular weight is 557 g/mol. The van der Waals surface area contributed by atoms with Gasteiger partial charge in [-0.15, -0.1) is 23.1 Å². The van der Waals surface area contributed by atoms with Gasteiger partial charge in [0.05, 0.1) is 32.7 Å². The van der Waals surface area contributed by atoms with Crippen LogP contribution in [0.3, 0.4) is 0 Å². The van der Waals surface area contributed by atoms with Crippen molar-refractivity contribution in [1.82, 2.24) is 19.8 Å². The van der Waals surface area contributed by atoms with Gasteiger partial charge in [0, 0.05) is 37.8 Å². The van der Waals surface area contributed by atoms with Gasteiger partial charge >= 0.3 is 6.09 Å². The van der Waals surface area contributed by atoms with Crippen LogP contribution in [0.1, 0.15) is 59.5 Å². The Bertz CT molecular complexity index is 1200. The molecule has 204 valence electrons. The topological polar surface area (TPSA) is 100 Å². The Hall–Kier alpha value is -2.92. The quantitative estimate of drug-likeness (QED) is 0.276. The lowest BCUT2D eigenvalue weighted by molar-refractivity contribution is -0.0394. The number of carbonyl (C=O) groups excluding carboxylic acids is 2. The van der Waals surface area contributed by atoms with Crippen molar-refractivity contribution in [2.24, 2.45) is 10.4 Å². The zero-order valence-electron chi connectivity index (χ0n) is 22.7. The lowest BCUT2D eigenvalue weighted by Crippen LogP contribution is -2.62. The molecule has 0 bridgehead atoms. The minimum Gasteiger partial charge on any atom is -0.444 e. The Morgan fingerprint density at radius 3 is 2.50 bits per heavy atom. The first-order chi connectivity index (χ1) is 18.0. The third-order valence-electron chi connectivity index (χ3n) is 6.66. The maximum absolute atomic E-state index is 13.0. The van der Waals surface area contributed by atoms with Crippen LogP contribution in [0.4, 0.5) is 10.6 Å². The summed E-state index contributed by atoms with van der Waals surface area (Å²) in [5.74, 6) is 1.30. The smallest absolute Gasteiger partial charge is 0.410 e. The van der Waals surface area contributed by atoms with Gasteiger partial charge in [0.1, 0.15) is 11.4 Å². The fourth-order valence-electron chi connectivity index (χ4n) is 4.69. The molecule has 38 heavy (non-hydrogen) atoms. The first kappa shape index (κ1) is 28.1. The Kier molecular flexibility index (Phi) is 8.46. The number of thioether (sulfide) groups is 1. The number of rotatable bonds is 7. The molecule has 0 aromatic carbocycles. The zero-order valence-corrected chi connectivity index (χ0v) is 24.4. The van der Waals surface area contributed by atoms with E-state index in [1.807, 2.05) is 57.1 Å². The number of likely N-dealkylation sites (tertiary alicyclic amines) is 2. The maximum Gasteiger partial charge on any atom is 0.410 e. The molecule has 4 rings (SSSR count). The molecule has 11 heteroatoms. The van der Waals surface area contributed by atoms with E-state index in [1.165, 1.54) is 0 Å². The fourth-order valence-corrected chi connectivity index (χ4v) is 6.33. The molecule has 0 unspecified atom stereocenters. The van der Waals surface area contributed by atoms with Crippen molar-refractivity contribution in [3.63, 3.8) is 0 Å². The molecule has 1 N–H and O–H groups in total. The van der Waals surface area contributed by atoms with Crippen LogP contribution in [0.15, 0.2) is 28.7 Å². The number of aromatic nitrogens is 2. The number of carbonyl (C=O) groups is 2. The van der Waals surface area contributed by atoms with Gasteiger partial charge in [0.2, 0.25) is 0 Å². The van der Waals surface area contributed by atoms with E-state index in [0.29, 0.717) is 30.3 Å². The number of hydrogen-bond donors (Lipinski definition) is 1. The molecular formula is C27H36N6O3S2. The zero-order chi connectivity index (χ0) is 27.5. The number of thiazole rings is 1. The Balaban J connectivity index is 1.22. The normalized spacial score (nSPS) is 17.2. The molecule has 4 heterocycles. The number of anilines is 1. The van der Waals surface area contributed by atoms with Gasteiger partial charge in [0.15, 0.2) is 0 Å².